The van der Waals surface area contributed by atoms with Gasteiger partial charge < -0.3 is 20.5 Å². The van der Waals surface area contributed by atoms with Crippen LogP contribution < -0.4 is 15.8 Å². The van der Waals surface area contributed by atoms with Crippen molar-refractivity contribution in [2.45, 2.75) is 0 Å². The Morgan fingerprint density at radius 3 is 2.40 bits per heavy atom. The van der Waals surface area contributed by atoms with E-state index in [9.17, 15) is 4.79 Å². The number of nitrogens with two attached hydrogens (primary N) is 1. The Bertz CT molecular complexity index is 609. The zero-order chi connectivity index (χ0) is 14.5. The highest BCUT2D eigenvalue weighted by Gasteiger charge is 2.12. The summed E-state index contributed by atoms with van der Waals surface area (Å²) in [5.41, 5.74) is 8.17. The maximum Gasteiger partial charge on any atom is 0.340 e. The monoisotopic (exact) mass is 272 g/mol. The van der Waals surface area contributed by atoms with E-state index in [-0.39, 0.29) is 0 Å². The lowest BCUT2D eigenvalue weighted by Crippen LogP contribution is -2.07. The van der Waals surface area contributed by atoms with E-state index in [4.69, 9.17) is 10.5 Å². The number of hydrogen-bond donors (Lipinski definition) is 2. The SMILES string of the molecule is COC(=O)c1cccc(Nc2ccc(OC)cc2)c1N. The van der Waals surface area contributed by atoms with Crippen molar-refractivity contribution in [2.24, 2.45) is 0 Å². The molecular formula is C15H16N2O3. The molecule has 2 rings (SSSR count). The molecule has 0 aliphatic carbocycles. The van der Waals surface area contributed by atoms with Crippen molar-refractivity contribution in [1.29, 1.82) is 0 Å². The number of anilines is 3. The van der Waals surface area contributed by atoms with Crippen molar-refractivity contribution >= 4 is 23.0 Å². The van der Waals surface area contributed by atoms with Crippen molar-refractivity contribution in [3.63, 3.8) is 0 Å². The molecule has 5 heteroatoms. The number of carbonyl (C=O) groups excluding carboxylic acids is 1. The third-order valence-corrected chi connectivity index (χ3v) is 2.88. The van der Waals surface area contributed by atoms with Crippen LogP contribution in [0.15, 0.2) is 42.5 Å². The van der Waals surface area contributed by atoms with Crippen LogP contribution in [0.3, 0.4) is 0 Å². The Morgan fingerprint density at radius 2 is 1.80 bits per heavy atom. The molecule has 0 aliphatic heterocycles. The second-order valence-electron chi connectivity index (χ2n) is 4.11. The van der Waals surface area contributed by atoms with E-state index >= 15 is 0 Å². The van der Waals surface area contributed by atoms with Gasteiger partial charge in [-0.05, 0) is 36.4 Å². The topological polar surface area (TPSA) is 73.6 Å². The molecule has 0 radical (unpaired) electrons. The predicted octanol–water partition coefficient (Wildman–Crippen LogP) is 2.81. The fourth-order valence-corrected chi connectivity index (χ4v) is 1.79. The van der Waals surface area contributed by atoms with Gasteiger partial charge in [0.1, 0.15) is 5.75 Å². The first-order chi connectivity index (χ1) is 9.65. The molecule has 0 atom stereocenters. The highest BCUT2D eigenvalue weighted by atomic mass is 16.5. The molecule has 0 unspecified atom stereocenters. The molecule has 0 heterocycles. The Hall–Kier alpha value is -2.69. The number of hydrogen-bond acceptors (Lipinski definition) is 5. The summed E-state index contributed by atoms with van der Waals surface area (Å²) >= 11 is 0. The average Bonchev–Trinajstić information content (AvgIpc) is 2.49. The maximum absolute atomic E-state index is 11.6. The number of carbonyl (C=O) groups is 1. The highest BCUT2D eigenvalue weighted by molar-refractivity contribution is 5.98. The fraction of sp³-hybridized carbons (Fsp3) is 0.133. The first-order valence-electron chi connectivity index (χ1n) is 6.03. The van der Waals surface area contributed by atoms with Crippen LogP contribution in [-0.4, -0.2) is 20.2 Å². The molecular weight excluding hydrogens is 256 g/mol. The molecule has 3 N–H and O–H groups in total. The molecule has 104 valence electrons. The Kier molecular flexibility index (Phi) is 4.10. The van der Waals surface area contributed by atoms with Crippen molar-refractivity contribution in [1.82, 2.24) is 0 Å². The first kappa shape index (κ1) is 13.7. The number of nitrogen functional groups attached to an aromatic ring is 1. The van der Waals surface area contributed by atoms with Crippen LogP contribution in [0.4, 0.5) is 17.1 Å². The number of ether oxygens (including phenoxy) is 2. The van der Waals surface area contributed by atoms with Crippen molar-refractivity contribution in [3.8, 4) is 5.75 Å². The van der Waals surface area contributed by atoms with Crippen molar-refractivity contribution in [3.05, 3.63) is 48.0 Å². The molecule has 0 amide bonds. The fourth-order valence-electron chi connectivity index (χ4n) is 1.79. The molecule has 0 fully saturated rings. The van der Waals surface area contributed by atoms with E-state index in [2.05, 4.69) is 10.1 Å². The van der Waals surface area contributed by atoms with Crippen LogP contribution in [0.25, 0.3) is 0 Å². The number of para-hydroxylation sites is 1. The summed E-state index contributed by atoms with van der Waals surface area (Å²) in [6, 6.07) is 12.6. The molecule has 0 aliphatic rings. The predicted molar refractivity (Wildman–Crippen MR) is 78.5 cm³/mol. The molecule has 2 aromatic carbocycles. The summed E-state index contributed by atoms with van der Waals surface area (Å²) in [7, 11) is 2.94. The number of rotatable bonds is 4. The highest BCUT2D eigenvalue weighted by Crippen LogP contribution is 2.27. The van der Waals surface area contributed by atoms with Crippen LogP contribution in [0.1, 0.15) is 10.4 Å². The quantitative estimate of drug-likeness (QED) is 0.661. The van der Waals surface area contributed by atoms with Gasteiger partial charge in [-0.3, -0.25) is 0 Å². The molecule has 5 nitrogen and oxygen atoms in total. The third kappa shape index (κ3) is 2.83. The number of methoxy groups -OCH3 is 2. The summed E-state index contributed by atoms with van der Waals surface area (Å²) in [6.07, 6.45) is 0. The summed E-state index contributed by atoms with van der Waals surface area (Å²) in [4.78, 5) is 11.6. The summed E-state index contributed by atoms with van der Waals surface area (Å²) in [5.74, 6) is 0.313. The van der Waals surface area contributed by atoms with Gasteiger partial charge in [0.05, 0.1) is 31.2 Å². The van der Waals surface area contributed by atoms with Crippen molar-refractivity contribution in [2.75, 3.05) is 25.3 Å². The Balaban J connectivity index is 2.26. The van der Waals surface area contributed by atoms with Gasteiger partial charge in [-0.15, -0.1) is 0 Å². The zero-order valence-corrected chi connectivity index (χ0v) is 11.3. The van der Waals surface area contributed by atoms with Crippen LogP contribution in [0, 0.1) is 0 Å². The van der Waals surface area contributed by atoms with Gasteiger partial charge in [-0.25, -0.2) is 4.79 Å². The normalized spacial score (nSPS) is 9.90. The van der Waals surface area contributed by atoms with Gasteiger partial charge in [-0.2, -0.15) is 0 Å². The minimum Gasteiger partial charge on any atom is -0.497 e. The van der Waals surface area contributed by atoms with Crippen LogP contribution in [0.2, 0.25) is 0 Å². The minimum absolute atomic E-state index is 0.339. The number of esters is 1. The summed E-state index contributed by atoms with van der Waals surface area (Å²) < 4.78 is 9.78. The smallest absolute Gasteiger partial charge is 0.340 e. The van der Waals surface area contributed by atoms with Crippen LogP contribution in [0.5, 0.6) is 5.75 Å². The largest absolute Gasteiger partial charge is 0.497 e. The van der Waals surface area contributed by atoms with E-state index in [1.165, 1.54) is 7.11 Å². The summed E-state index contributed by atoms with van der Waals surface area (Å²) in [6.45, 7) is 0. The van der Waals surface area contributed by atoms with Gasteiger partial charge >= 0.3 is 5.97 Å². The van der Waals surface area contributed by atoms with E-state index in [1.807, 2.05) is 24.3 Å². The molecule has 0 spiro atoms. The third-order valence-electron chi connectivity index (χ3n) is 2.88. The van der Waals surface area contributed by atoms with E-state index in [0.29, 0.717) is 16.9 Å². The molecule has 0 saturated carbocycles. The molecule has 2 aromatic rings. The van der Waals surface area contributed by atoms with E-state index < -0.39 is 5.97 Å². The van der Waals surface area contributed by atoms with Crippen LogP contribution >= 0.6 is 0 Å². The lowest BCUT2D eigenvalue weighted by Gasteiger charge is -2.12. The van der Waals surface area contributed by atoms with Gasteiger partial charge in [-0.1, -0.05) is 6.07 Å². The second-order valence-corrected chi connectivity index (χ2v) is 4.11. The zero-order valence-electron chi connectivity index (χ0n) is 11.3. The van der Waals surface area contributed by atoms with Gasteiger partial charge in [0.15, 0.2) is 0 Å². The van der Waals surface area contributed by atoms with Crippen LogP contribution in [-0.2, 0) is 4.74 Å². The molecule has 0 saturated heterocycles. The molecule has 0 bridgehead atoms. The lowest BCUT2D eigenvalue weighted by molar-refractivity contribution is 0.0602. The van der Waals surface area contributed by atoms with Crippen molar-refractivity contribution < 1.29 is 14.3 Å². The number of nitrogens with one attached hydrogen (secondary N) is 1. The maximum atomic E-state index is 11.6. The van der Waals surface area contributed by atoms with E-state index in [1.54, 1.807) is 25.3 Å². The minimum atomic E-state index is -0.458. The summed E-state index contributed by atoms with van der Waals surface area (Å²) in [5, 5.41) is 3.15. The number of benzene rings is 2. The average molecular weight is 272 g/mol. The van der Waals surface area contributed by atoms with Gasteiger partial charge in [0.25, 0.3) is 0 Å². The first-order valence-corrected chi connectivity index (χ1v) is 6.03. The Labute approximate surface area is 117 Å². The van der Waals surface area contributed by atoms with Gasteiger partial charge in [0, 0.05) is 5.69 Å². The standard InChI is InChI=1S/C15H16N2O3/c1-19-11-8-6-10(7-9-11)17-13-5-3-4-12(14(13)16)15(18)20-2/h3-9,17H,16H2,1-2H3. The van der Waals surface area contributed by atoms with Gasteiger partial charge in [0.2, 0.25) is 0 Å². The lowest BCUT2D eigenvalue weighted by atomic mass is 10.1. The molecule has 20 heavy (non-hydrogen) atoms. The molecule has 0 aromatic heterocycles. The second kappa shape index (κ2) is 5.97. The van der Waals surface area contributed by atoms with E-state index in [0.717, 1.165) is 11.4 Å². The Morgan fingerprint density at radius 1 is 1.10 bits per heavy atom.